The number of rotatable bonds is 5. The molecule has 0 unspecified atom stereocenters. The lowest BCUT2D eigenvalue weighted by atomic mass is 10.1. The first kappa shape index (κ1) is 16.7. The highest BCUT2D eigenvalue weighted by Gasteiger charge is 2.23. The van der Waals surface area contributed by atoms with Gasteiger partial charge in [-0.2, -0.15) is 0 Å². The smallest absolute Gasteiger partial charge is 0.338 e. The standard InChI is InChI=1S/C19H16FNO4/c1-11(18(22)14-10-21-16-6-4-3-5-13(14)16)25-19(23)12-7-8-17(24-2)15(20)9-12/h3-11,21H,1-2H3/t11-/m1/s1. The van der Waals surface area contributed by atoms with Gasteiger partial charge in [-0.05, 0) is 31.2 Å². The average molecular weight is 341 g/mol. The maximum atomic E-state index is 13.7. The second-order valence-electron chi connectivity index (χ2n) is 5.51. The van der Waals surface area contributed by atoms with E-state index in [0.717, 1.165) is 17.0 Å². The van der Waals surface area contributed by atoms with Crippen molar-refractivity contribution >= 4 is 22.7 Å². The number of Topliss-reactive ketones (excluding diaryl/α,β-unsaturated/α-hetero) is 1. The molecule has 0 aliphatic carbocycles. The number of hydrogen-bond donors (Lipinski definition) is 1. The van der Waals surface area contributed by atoms with Crippen molar-refractivity contribution in [1.82, 2.24) is 4.98 Å². The molecule has 0 aliphatic rings. The van der Waals surface area contributed by atoms with Gasteiger partial charge in [0, 0.05) is 22.7 Å². The lowest BCUT2D eigenvalue weighted by molar-refractivity contribution is 0.0319. The SMILES string of the molecule is COc1ccc(C(=O)O[C@H](C)C(=O)c2c[nH]c3ccccc23)cc1F. The zero-order valence-corrected chi connectivity index (χ0v) is 13.7. The van der Waals surface area contributed by atoms with Gasteiger partial charge >= 0.3 is 5.97 Å². The molecule has 0 spiro atoms. The highest BCUT2D eigenvalue weighted by molar-refractivity contribution is 6.10. The summed E-state index contributed by atoms with van der Waals surface area (Å²) in [6, 6.07) is 11.1. The Labute approximate surface area is 143 Å². The van der Waals surface area contributed by atoms with Gasteiger partial charge in [0.2, 0.25) is 5.78 Å². The molecule has 0 saturated carbocycles. The highest BCUT2D eigenvalue weighted by atomic mass is 19.1. The Hall–Kier alpha value is -3.15. The molecule has 0 radical (unpaired) electrons. The molecule has 1 aromatic heterocycles. The molecular weight excluding hydrogens is 325 g/mol. The van der Waals surface area contributed by atoms with Gasteiger partial charge in [-0.25, -0.2) is 9.18 Å². The van der Waals surface area contributed by atoms with Crippen LogP contribution in [0.1, 0.15) is 27.6 Å². The van der Waals surface area contributed by atoms with Crippen LogP contribution in [-0.4, -0.2) is 30.0 Å². The molecule has 6 heteroatoms. The minimum atomic E-state index is -1.00. The number of aromatic amines is 1. The Morgan fingerprint density at radius 3 is 2.64 bits per heavy atom. The summed E-state index contributed by atoms with van der Waals surface area (Å²) in [5.41, 5.74) is 1.27. The molecule has 0 amide bonds. The molecule has 2 aromatic carbocycles. The van der Waals surface area contributed by atoms with E-state index in [1.165, 1.54) is 26.2 Å². The summed E-state index contributed by atoms with van der Waals surface area (Å²) in [7, 11) is 1.33. The zero-order valence-electron chi connectivity index (χ0n) is 13.7. The van der Waals surface area contributed by atoms with Crippen molar-refractivity contribution in [1.29, 1.82) is 0 Å². The minimum absolute atomic E-state index is 0.0110. The molecule has 3 aromatic rings. The number of para-hydroxylation sites is 1. The number of carbonyl (C=O) groups is 2. The second kappa shape index (κ2) is 6.76. The van der Waals surface area contributed by atoms with Crippen LogP contribution in [-0.2, 0) is 4.74 Å². The maximum absolute atomic E-state index is 13.7. The van der Waals surface area contributed by atoms with Crippen LogP contribution in [0.25, 0.3) is 10.9 Å². The summed E-state index contributed by atoms with van der Waals surface area (Å²) in [5, 5.41) is 0.755. The number of fused-ring (bicyclic) bond motifs is 1. The summed E-state index contributed by atoms with van der Waals surface area (Å²) >= 11 is 0. The fraction of sp³-hybridized carbons (Fsp3) is 0.158. The van der Waals surface area contributed by atoms with Crippen LogP contribution in [0.4, 0.5) is 4.39 Å². The van der Waals surface area contributed by atoms with Crippen LogP contribution >= 0.6 is 0 Å². The van der Waals surface area contributed by atoms with Crippen molar-refractivity contribution in [3.05, 3.63) is 65.6 Å². The number of halogens is 1. The largest absolute Gasteiger partial charge is 0.494 e. The molecule has 0 fully saturated rings. The maximum Gasteiger partial charge on any atom is 0.338 e. The quantitative estimate of drug-likeness (QED) is 0.567. The molecule has 5 nitrogen and oxygen atoms in total. The van der Waals surface area contributed by atoms with Crippen LogP contribution in [0, 0.1) is 5.82 Å². The van der Waals surface area contributed by atoms with Gasteiger partial charge in [-0.15, -0.1) is 0 Å². The molecule has 1 heterocycles. The van der Waals surface area contributed by atoms with E-state index in [9.17, 15) is 14.0 Å². The molecule has 1 N–H and O–H groups in total. The van der Waals surface area contributed by atoms with E-state index in [-0.39, 0.29) is 17.1 Å². The van der Waals surface area contributed by atoms with E-state index in [1.807, 2.05) is 24.3 Å². The van der Waals surface area contributed by atoms with Gasteiger partial charge in [0.05, 0.1) is 12.7 Å². The number of hydrogen-bond acceptors (Lipinski definition) is 4. The van der Waals surface area contributed by atoms with Gasteiger partial charge in [-0.3, -0.25) is 4.79 Å². The van der Waals surface area contributed by atoms with Crippen LogP contribution < -0.4 is 4.74 Å². The Balaban J connectivity index is 1.77. The van der Waals surface area contributed by atoms with Gasteiger partial charge in [0.25, 0.3) is 0 Å². The third kappa shape index (κ3) is 3.24. The highest BCUT2D eigenvalue weighted by Crippen LogP contribution is 2.21. The number of ether oxygens (including phenoxy) is 2. The third-order valence-electron chi connectivity index (χ3n) is 3.90. The predicted molar refractivity (Wildman–Crippen MR) is 90.5 cm³/mol. The topological polar surface area (TPSA) is 68.4 Å². The molecular formula is C19H16FNO4. The first-order chi connectivity index (χ1) is 12.0. The Morgan fingerprint density at radius 2 is 1.92 bits per heavy atom. The van der Waals surface area contributed by atoms with Gasteiger partial charge in [-0.1, -0.05) is 18.2 Å². The van der Waals surface area contributed by atoms with E-state index < -0.39 is 17.9 Å². The first-order valence-electron chi connectivity index (χ1n) is 7.66. The number of ketones is 1. The monoisotopic (exact) mass is 341 g/mol. The molecule has 25 heavy (non-hydrogen) atoms. The van der Waals surface area contributed by atoms with E-state index in [1.54, 1.807) is 6.20 Å². The van der Waals surface area contributed by atoms with Crippen LogP contribution in [0.15, 0.2) is 48.7 Å². The fourth-order valence-corrected chi connectivity index (χ4v) is 2.57. The van der Waals surface area contributed by atoms with E-state index in [4.69, 9.17) is 9.47 Å². The number of methoxy groups -OCH3 is 1. The number of H-pyrrole nitrogens is 1. The lowest BCUT2D eigenvalue weighted by Gasteiger charge is -2.12. The number of benzene rings is 2. The normalized spacial score (nSPS) is 12.0. The van der Waals surface area contributed by atoms with E-state index >= 15 is 0 Å². The third-order valence-corrected chi connectivity index (χ3v) is 3.90. The Morgan fingerprint density at radius 1 is 1.16 bits per heavy atom. The molecule has 3 rings (SSSR count). The summed E-state index contributed by atoms with van der Waals surface area (Å²) < 4.78 is 23.7. The molecule has 1 atom stereocenters. The van der Waals surface area contributed by atoms with Crippen LogP contribution in [0.2, 0.25) is 0 Å². The van der Waals surface area contributed by atoms with E-state index in [0.29, 0.717) is 5.56 Å². The minimum Gasteiger partial charge on any atom is -0.494 e. The Kier molecular flexibility index (Phi) is 4.52. The molecule has 0 saturated heterocycles. The summed E-state index contributed by atoms with van der Waals surface area (Å²) in [4.78, 5) is 27.7. The molecule has 0 bridgehead atoms. The lowest BCUT2D eigenvalue weighted by Crippen LogP contribution is -2.24. The summed E-state index contributed by atoms with van der Waals surface area (Å²) in [6.45, 7) is 1.49. The van der Waals surface area contributed by atoms with Gasteiger partial charge in [0.1, 0.15) is 0 Å². The van der Waals surface area contributed by atoms with Crippen molar-refractivity contribution in [2.45, 2.75) is 13.0 Å². The molecule has 128 valence electrons. The van der Waals surface area contributed by atoms with Crippen molar-refractivity contribution < 1.29 is 23.5 Å². The van der Waals surface area contributed by atoms with Crippen molar-refractivity contribution in [3.8, 4) is 5.75 Å². The zero-order chi connectivity index (χ0) is 18.0. The van der Waals surface area contributed by atoms with Crippen molar-refractivity contribution in [2.75, 3.05) is 7.11 Å². The number of nitrogens with one attached hydrogen (secondary N) is 1. The number of esters is 1. The van der Waals surface area contributed by atoms with Gasteiger partial charge in [0.15, 0.2) is 17.7 Å². The summed E-state index contributed by atoms with van der Waals surface area (Å²) in [5.74, 6) is -1.76. The Bertz CT molecular complexity index is 948. The van der Waals surface area contributed by atoms with Crippen LogP contribution in [0.5, 0.6) is 5.75 Å². The first-order valence-corrected chi connectivity index (χ1v) is 7.66. The summed E-state index contributed by atoms with van der Waals surface area (Å²) in [6.07, 6.45) is 0.585. The second-order valence-corrected chi connectivity index (χ2v) is 5.51. The molecule has 0 aliphatic heterocycles. The van der Waals surface area contributed by atoms with Crippen LogP contribution in [0.3, 0.4) is 0 Å². The number of aromatic nitrogens is 1. The average Bonchev–Trinajstić information content (AvgIpc) is 3.04. The van der Waals surface area contributed by atoms with Crippen molar-refractivity contribution in [2.24, 2.45) is 0 Å². The van der Waals surface area contributed by atoms with E-state index in [2.05, 4.69) is 4.98 Å². The fourth-order valence-electron chi connectivity index (χ4n) is 2.57. The predicted octanol–water partition coefficient (Wildman–Crippen LogP) is 3.74. The van der Waals surface area contributed by atoms with Gasteiger partial charge < -0.3 is 14.5 Å². The van der Waals surface area contributed by atoms with Crippen molar-refractivity contribution in [3.63, 3.8) is 0 Å². The number of carbonyl (C=O) groups excluding carboxylic acids is 2.